The van der Waals surface area contributed by atoms with Gasteiger partial charge in [-0.25, -0.2) is 0 Å². The molecule has 1 fully saturated rings. The van der Waals surface area contributed by atoms with Crippen molar-refractivity contribution in [3.05, 3.63) is 11.8 Å². The molecule has 0 aliphatic carbocycles. The first kappa shape index (κ1) is 17.5. The molecular formula is C19H29N5O2. The number of carbonyl (C=O) groups is 1. The summed E-state index contributed by atoms with van der Waals surface area (Å²) < 4.78 is 5.51. The van der Waals surface area contributed by atoms with Crippen LogP contribution >= 0.6 is 0 Å². The van der Waals surface area contributed by atoms with Gasteiger partial charge in [-0.1, -0.05) is 13.0 Å². The van der Waals surface area contributed by atoms with Gasteiger partial charge < -0.3 is 15.5 Å². The second-order valence-electron chi connectivity index (χ2n) is 8.36. The van der Waals surface area contributed by atoms with E-state index in [1.807, 2.05) is 11.1 Å². The van der Waals surface area contributed by atoms with Gasteiger partial charge in [0.05, 0.1) is 30.1 Å². The summed E-state index contributed by atoms with van der Waals surface area (Å²) in [5, 5.41) is 8.08. The highest BCUT2D eigenvalue weighted by molar-refractivity contribution is 6.03. The molecule has 142 valence electrons. The highest BCUT2D eigenvalue weighted by atomic mass is 16.5. The summed E-state index contributed by atoms with van der Waals surface area (Å²) in [4.78, 5) is 19.7. The third-order valence-corrected chi connectivity index (χ3v) is 6.30. The molecule has 4 aliphatic rings. The van der Waals surface area contributed by atoms with Crippen molar-refractivity contribution in [2.24, 2.45) is 27.8 Å². The number of amides is 1. The van der Waals surface area contributed by atoms with Gasteiger partial charge in [0.1, 0.15) is 5.84 Å². The molecule has 5 atom stereocenters. The smallest absolute Gasteiger partial charge is 0.234 e. The molecule has 5 unspecified atom stereocenters. The highest BCUT2D eigenvalue weighted by Gasteiger charge is 2.58. The normalized spacial score (nSPS) is 38.4. The van der Waals surface area contributed by atoms with E-state index in [9.17, 15) is 4.79 Å². The monoisotopic (exact) mass is 359 g/mol. The van der Waals surface area contributed by atoms with Crippen molar-refractivity contribution < 1.29 is 9.53 Å². The molecule has 2 N–H and O–H groups in total. The molecule has 0 aromatic rings. The molecule has 0 saturated carbocycles. The summed E-state index contributed by atoms with van der Waals surface area (Å²) in [6.07, 6.45) is 6.15. The number of hydrogen-bond acceptors (Lipinski definition) is 6. The predicted octanol–water partition coefficient (Wildman–Crippen LogP) is 1.13. The van der Waals surface area contributed by atoms with E-state index in [-0.39, 0.29) is 41.3 Å². The molecule has 7 nitrogen and oxygen atoms in total. The number of rotatable bonds is 2. The number of methoxy groups -OCH3 is 1. The SMILES string of the molecule is COC1CN=CC(C2=CC(C)C3C(=O)N(C4=NNCC4)C(C)(C)C3N2)C1. The van der Waals surface area contributed by atoms with Gasteiger partial charge in [0, 0.05) is 37.9 Å². The molecular weight excluding hydrogens is 330 g/mol. The zero-order chi connectivity index (χ0) is 18.5. The number of allylic oxidation sites excluding steroid dienone is 2. The standard InChI is InChI=1S/C19H29N5O2/c1-11-7-14(12-8-13(26-4)10-20-9-12)22-17-16(11)18(25)24(19(17,2)3)15-5-6-21-23-15/h7,9,11-13,16-17,21-22H,5-6,8,10H2,1-4H3. The number of likely N-dealkylation sites (tertiary alicyclic amines) is 1. The summed E-state index contributed by atoms with van der Waals surface area (Å²) >= 11 is 0. The Morgan fingerprint density at radius 3 is 2.88 bits per heavy atom. The largest absolute Gasteiger partial charge is 0.382 e. The van der Waals surface area contributed by atoms with Crippen molar-refractivity contribution in [3.8, 4) is 0 Å². The summed E-state index contributed by atoms with van der Waals surface area (Å²) in [5.41, 5.74) is 3.85. The zero-order valence-electron chi connectivity index (χ0n) is 16.0. The summed E-state index contributed by atoms with van der Waals surface area (Å²) in [5.74, 6) is 1.39. The summed E-state index contributed by atoms with van der Waals surface area (Å²) in [6, 6.07) is 0.0598. The second kappa shape index (κ2) is 6.37. The van der Waals surface area contributed by atoms with Crippen molar-refractivity contribution in [2.45, 2.75) is 51.3 Å². The van der Waals surface area contributed by atoms with Gasteiger partial charge in [-0.2, -0.15) is 5.10 Å². The first-order valence-electron chi connectivity index (χ1n) is 9.58. The van der Waals surface area contributed by atoms with E-state index in [0.29, 0.717) is 0 Å². The third kappa shape index (κ3) is 2.64. The third-order valence-electron chi connectivity index (χ3n) is 6.30. The van der Waals surface area contributed by atoms with Crippen molar-refractivity contribution >= 4 is 18.0 Å². The molecule has 4 heterocycles. The molecule has 7 heteroatoms. The number of ether oxygens (including phenoxy) is 1. The van der Waals surface area contributed by atoms with Crippen LogP contribution in [-0.4, -0.2) is 60.7 Å². The molecule has 1 amide bonds. The van der Waals surface area contributed by atoms with Crippen molar-refractivity contribution in [2.75, 3.05) is 20.2 Å². The molecule has 0 spiro atoms. The van der Waals surface area contributed by atoms with Gasteiger partial charge in [-0.05, 0) is 26.2 Å². The average molecular weight is 359 g/mol. The summed E-state index contributed by atoms with van der Waals surface area (Å²) in [6.45, 7) is 7.97. The van der Waals surface area contributed by atoms with E-state index in [0.717, 1.165) is 31.8 Å². The maximum Gasteiger partial charge on any atom is 0.234 e. The maximum atomic E-state index is 13.2. The minimum Gasteiger partial charge on any atom is -0.382 e. The Morgan fingerprint density at radius 1 is 1.38 bits per heavy atom. The van der Waals surface area contributed by atoms with Crippen molar-refractivity contribution in [3.63, 3.8) is 0 Å². The molecule has 4 aliphatic heterocycles. The molecule has 4 rings (SSSR count). The fourth-order valence-electron chi connectivity index (χ4n) is 4.89. The lowest BCUT2D eigenvalue weighted by Crippen LogP contribution is -2.55. The first-order valence-corrected chi connectivity index (χ1v) is 9.58. The van der Waals surface area contributed by atoms with Gasteiger partial charge in [0.15, 0.2) is 0 Å². The van der Waals surface area contributed by atoms with Crippen LogP contribution in [0.5, 0.6) is 0 Å². The number of nitrogens with one attached hydrogen (secondary N) is 2. The number of nitrogens with zero attached hydrogens (tertiary/aromatic N) is 3. The van der Waals surface area contributed by atoms with Gasteiger partial charge in [-0.3, -0.25) is 14.7 Å². The van der Waals surface area contributed by atoms with Crippen LogP contribution in [0.2, 0.25) is 0 Å². The minimum atomic E-state index is -0.327. The van der Waals surface area contributed by atoms with Crippen LogP contribution in [0, 0.1) is 17.8 Å². The number of carbonyl (C=O) groups excluding carboxylic acids is 1. The minimum absolute atomic E-state index is 0.0594. The predicted molar refractivity (Wildman–Crippen MR) is 101 cm³/mol. The lowest BCUT2D eigenvalue weighted by molar-refractivity contribution is -0.130. The molecule has 1 saturated heterocycles. The lowest BCUT2D eigenvalue weighted by atomic mass is 9.77. The van der Waals surface area contributed by atoms with Crippen LogP contribution in [0.25, 0.3) is 0 Å². The van der Waals surface area contributed by atoms with Crippen molar-refractivity contribution in [1.29, 1.82) is 0 Å². The van der Waals surface area contributed by atoms with Gasteiger partial charge in [0.25, 0.3) is 0 Å². The number of aliphatic imine (C=N–C) groups is 1. The number of hydrazone groups is 1. The Hall–Kier alpha value is -1.89. The van der Waals surface area contributed by atoms with Gasteiger partial charge in [-0.15, -0.1) is 0 Å². The maximum absolute atomic E-state index is 13.2. The highest BCUT2D eigenvalue weighted by Crippen LogP contribution is 2.43. The Labute approximate surface area is 154 Å². The Morgan fingerprint density at radius 2 is 2.19 bits per heavy atom. The van der Waals surface area contributed by atoms with Crippen LogP contribution in [-0.2, 0) is 9.53 Å². The molecule has 26 heavy (non-hydrogen) atoms. The van der Waals surface area contributed by atoms with Gasteiger partial charge in [0.2, 0.25) is 5.91 Å². The summed E-state index contributed by atoms with van der Waals surface area (Å²) in [7, 11) is 1.75. The number of fused-ring (bicyclic) bond motifs is 1. The first-order chi connectivity index (χ1) is 12.4. The van der Waals surface area contributed by atoms with Crippen molar-refractivity contribution in [1.82, 2.24) is 15.6 Å². The van der Waals surface area contributed by atoms with Crippen LogP contribution < -0.4 is 10.7 Å². The Kier molecular flexibility index (Phi) is 4.29. The second-order valence-corrected chi connectivity index (χ2v) is 8.36. The zero-order valence-corrected chi connectivity index (χ0v) is 16.0. The Balaban J connectivity index is 1.62. The van der Waals surface area contributed by atoms with E-state index in [1.54, 1.807) is 7.11 Å². The molecule has 0 aromatic carbocycles. The van der Waals surface area contributed by atoms with Gasteiger partial charge >= 0.3 is 0 Å². The number of amidine groups is 1. The van der Waals surface area contributed by atoms with Crippen LogP contribution in [0.1, 0.15) is 33.6 Å². The van der Waals surface area contributed by atoms with Crippen LogP contribution in [0.15, 0.2) is 21.9 Å². The fraction of sp³-hybridized carbons (Fsp3) is 0.737. The topological polar surface area (TPSA) is 78.3 Å². The molecule has 0 aromatic heterocycles. The fourth-order valence-corrected chi connectivity index (χ4v) is 4.89. The van der Waals surface area contributed by atoms with Crippen LogP contribution in [0.3, 0.4) is 0 Å². The lowest BCUT2D eigenvalue weighted by Gasteiger charge is -2.41. The van der Waals surface area contributed by atoms with E-state index in [4.69, 9.17) is 4.74 Å². The van der Waals surface area contributed by atoms with E-state index < -0.39 is 0 Å². The average Bonchev–Trinajstić information content (AvgIpc) is 3.20. The quantitative estimate of drug-likeness (QED) is 0.775. The number of hydrogen-bond donors (Lipinski definition) is 2. The van der Waals surface area contributed by atoms with E-state index >= 15 is 0 Å². The Bertz CT molecular complexity index is 683. The van der Waals surface area contributed by atoms with Crippen LogP contribution in [0.4, 0.5) is 0 Å². The molecule has 0 radical (unpaired) electrons. The molecule has 0 bridgehead atoms. The van der Waals surface area contributed by atoms with E-state index in [2.05, 4.69) is 47.7 Å². The van der Waals surface area contributed by atoms with E-state index in [1.165, 1.54) is 5.70 Å².